The molecule has 1 unspecified atom stereocenters. The van der Waals surface area contributed by atoms with E-state index >= 15 is 0 Å². The smallest absolute Gasteiger partial charge is 0.310 e. The van der Waals surface area contributed by atoms with Crippen LogP contribution < -0.4 is 0 Å². The van der Waals surface area contributed by atoms with Crippen LogP contribution in [0.3, 0.4) is 0 Å². The fourth-order valence-electron chi connectivity index (χ4n) is 1.81. The predicted octanol–water partition coefficient (Wildman–Crippen LogP) is 4.55. The molecule has 2 nitrogen and oxygen atoms in total. The molecule has 0 aliphatic carbocycles. The summed E-state index contributed by atoms with van der Waals surface area (Å²) in [6.45, 7) is 3.95. The molecule has 1 N–H and O–H groups in total. The first kappa shape index (κ1) is 15.1. The SMILES string of the molecule is CCCCCCSc1ccccc1C(C)C(=O)O. The lowest BCUT2D eigenvalue weighted by molar-refractivity contribution is -0.138. The molecule has 0 heterocycles. The summed E-state index contributed by atoms with van der Waals surface area (Å²) in [7, 11) is 0. The van der Waals surface area contributed by atoms with Crippen molar-refractivity contribution in [2.24, 2.45) is 0 Å². The number of rotatable bonds is 8. The van der Waals surface area contributed by atoms with Gasteiger partial charge < -0.3 is 5.11 Å². The normalized spacial score (nSPS) is 12.3. The van der Waals surface area contributed by atoms with E-state index < -0.39 is 11.9 Å². The van der Waals surface area contributed by atoms with Gasteiger partial charge in [0.1, 0.15) is 0 Å². The second-order valence-electron chi connectivity index (χ2n) is 4.51. The first-order valence-corrected chi connectivity index (χ1v) is 7.60. The Kier molecular flexibility index (Phi) is 6.88. The molecule has 0 spiro atoms. The number of carboxylic acids is 1. The highest BCUT2D eigenvalue weighted by atomic mass is 32.2. The summed E-state index contributed by atoms with van der Waals surface area (Å²) < 4.78 is 0. The highest BCUT2D eigenvalue weighted by Gasteiger charge is 2.16. The molecular weight excluding hydrogens is 244 g/mol. The maximum absolute atomic E-state index is 11.1. The minimum Gasteiger partial charge on any atom is -0.481 e. The zero-order chi connectivity index (χ0) is 13.4. The average molecular weight is 266 g/mol. The topological polar surface area (TPSA) is 37.3 Å². The molecule has 0 bridgehead atoms. The molecule has 18 heavy (non-hydrogen) atoms. The van der Waals surface area contributed by atoms with E-state index in [4.69, 9.17) is 5.11 Å². The first-order chi connectivity index (χ1) is 8.66. The molecular formula is C15H22O2S. The second-order valence-corrected chi connectivity index (χ2v) is 5.64. The van der Waals surface area contributed by atoms with Crippen LogP contribution in [0.2, 0.25) is 0 Å². The lowest BCUT2D eigenvalue weighted by atomic mass is 10.0. The van der Waals surface area contributed by atoms with E-state index in [-0.39, 0.29) is 0 Å². The first-order valence-electron chi connectivity index (χ1n) is 6.61. The van der Waals surface area contributed by atoms with Crippen LogP contribution in [0.5, 0.6) is 0 Å². The van der Waals surface area contributed by atoms with Crippen LogP contribution in [-0.4, -0.2) is 16.8 Å². The van der Waals surface area contributed by atoms with E-state index in [2.05, 4.69) is 6.92 Å². The number of thioether (sulfide) groups is 1. The molecule has 0 saturated heterocycles. The number of carboxylic acid groups (broad SMARTS) is 1. The van der Waals surface area contributed by atoms with Crippen molar-refractivity contribution in [3.8, 4) is 0 Å². The van der Waals surface area contributed by atoms with Crippen molar-refractivity contribution in [2.75, 3.05) is 5.75 Å². The standard InChI is InChI=1S/C15H22O2S/c1-3-4-5-8-11-18-14-10-7-6-9-13(14)12(2)15(16)17/h6-7,9-10,12H,3-5,8,11H2,1-2H3,(H,16,17). The summed E-state index contributed by atoms with van der Waals surface area (Å²) in [5.41, 5.74) is 0.936. The summed E-state index contributed by atoms with van der Waals surface area (Å²) in [6, 6.07) is 7.84. The van der Waals surface area contributed by atoms with Crippen molar-refractivity contribution in [3.05, 3.63) is 29.8 Å². The summed E-state index contributed by atoms with van der Waals surface area (Å²) >= 11 is 1.78. The van der Waals surface area contributed by atoms with Gasteiger partial charge in [-0.1, -0.05) is 44.4 Å². The third kappa shape index (κ3) is 4.73. The molecule has 0 aromatic heterocycles. The zero-order valence-electron chi connectivity index (χ0n) is 11.2. The number of benzene rings is 1. The van der Waals surface area contributed by atoms with E-state index in [0.29, 0.717) is 0 Å². The minimum atomic E-state index is -0.756. The number of hydrogen-bond acceptors (Lipinski definition) is 2. The van der Waals surface area contributed by atoms with Crippen LogP contribution in [0.25, 0.3) is 0 Å². The highest BCUT2D eigenvalue weighted by molar-refractivity contribution is 7.99. The summed E-state index contributed by atoms with van der Waals surface area (Å²) in [5, 5.41) is 9.09. The molecule has 0 aliphatic heterocycles. The molecule has 0 amide bonds. The second kappa shape index (κ2) is 8.20. The van der Waals surface area contributed by atoms with Crippen molar-refractivity contribution >= 4 is 17.7 Å². The molecule has 100 valence electrons. The van der Waals surface area contributed by atoms with Gasteiger partial charge in [0.05, 0.1) is 5.92 Å². The van der Waals surface area contributed by atoms with E-state index in [1.54, 1.807) is 18.7 Å². The molecule has 0 saturated carbocycles. The predicted molar refractivity (Wildman–Crippen MR) is 77.4 cm³/mol. The van der Waals surface area contributed by atoms with Crippen molar-refractivity contribution in [2.45, 2.75) is 50.3 Å². The van der Waals surface area contributed by atoms with Crippen LogP contribution in [0.1, 0.15) is 51.0 Å². The Labute approximate surface area is 114 Å². The number of hydrogen-bond donors (Lipinski definition) is 1. The highest BCUT2D eigenvalue weighted by Crippen LogP contribution is 2.29. The third-order valence-electron chi connectivity index (χ3n) is 3.01. The monoisotopic (exact) mass is 266 g/mol. The van der Waals surface area contributed by atoms with Gasteiger partial charge in [0.15, 0.2) is 0 Å². The van der Waals surface area contributed by atoms with Gasteiger partial charge >= 0.3 is 5.97 Å². The van der Waals surface area contributed by atoms with Crippen molar-refractivity contribution in [1.29, 1.82) is 0 Å². The summed E-state index contributed by atoms with van der Waals surface area (Å²) in [6.07, 6.45) is 5.00. The van der Waals surface area contributed by atoms with Gasteiger partial charge in [-0.3, -0.25) is 4.79 Å². The Bertz CT molecular complexity index is 377. The Morgan fingerprint density at radius 2 is 2.00 bits per heavy atom. The maximum atomic E-state index is 11.1. The number of aliphatic carboxylic acids is 1. The van der Waals surface area contributed by atoms with Gasteiger partial charge in [-0.25, -0.2) is 0 Å². The van der Waals surface area contributed by atoms with Crippen molar-refractivity contribution < 1.29 is 9.90 Å². The maximum Gasteiger partial charge on any atom is 0.310 e. The molecule has 1 atom stereocenters. The largest absolute Gasteiger partial charge is 0.481 e. The Morgan fingerprint density at radius 3 is 2.67 bits per heavy atom. The van der Waals surface area contributed by atoms with Crippen molar-refractivity contribution in [1.82, 2.24) is 0 Å². The van der Waals surface area contributed by atoms with Gasteiger partial charge in [0.2, 0.25) is 0 Å². The average Bonchev–Trinajstić information content (AvgIpc) is 2.38. The number of carbonyl (C=O) groups is 1. The fraction of sp³-hybridized carbons (Fsp3) is 0.533. The molecule has 0 aliphatic rings. The quantitative estimate of drug-likeness (QED) is 0.554. The Morgan fingerprint density at radius 1 is 1.28 bits per heavy atom. The molecule has 1 rings (SSSR count). The van der Waals surface area contributed by atoms with Gasteiger partial charge in [0.25, 0.3) is 0 Å². The Balaban J connectivity index is 2.57. The van der Waals surface area contributed by atoms with Gasteiger partial charge in [-0.05, 0) is 30.7 Å². The molecule has 0 radical (unpaired) electrons. The van der Waals surface area contributed by atoms with E-state index in [1.807, 2.05) is 24.3 Å². The lowest BCUT2D eigenvalue weighted by Crippen LogP contribution is -2.08. The molecule has 1 aromatic carbocycles. The molecule has 3 heteroatoms. The third-order valence-corrected chi connectivity index (χ3v) is 4.19. The van der Waals surface area contributed by atoms with Crippen molar-refractivity contribution in [3.63, 3.8) is 0 Å². The van der Waals surface area contributed by atoms with Crippen LogP contribution in [0, 0.1) is 0 Å². The van der Waals surface area contributed by atoms with E-state index in [9.17, 15) is 4.79 Å². The zero-order valence-corrected chi connectivity index (χ0v) is 12.0. The van der Waals surface area contributed by atoms with E-state index in [1.165, 1.54) is 25.7 Å². The number of unbranched alkanes of at least 4 members (excludes halogenated alkanes) is 3. The van der Waals surface area contributed by atoms with Crippen LogP contribution >= 0.6 is 11.8 Å². The van der Waals surface area contributed by atoms with Gasteiger partial charge in [0, 0.05) is 4.90 Å². The summed E-state index contributed by atoms with van der Waals surface area (Å²) in [4.78, 5) is 12.2. The van der Waals surface area contributed by atoms with E-state index in [0.717, 1.165) is 16.2 Å². The van der Waals surface area contributed by atoms with Gasteiger partial charge in [-0.15, -0.1) is 11.8 Å². The van der Waals surface area contributed by atoms with Crippen LogP contribution in [0.4, 0.5) is 0 Å². The van der Waals surface area contributed by atoms with Gasteiger partial charge in [-0.2, -0.15) is 0 Å². The summed E-state index contributed by atoms with van der Waals surface area (Å²) in [5.74, 6) is -0.109. The molecule has 0 fully saturated rings. The fourth-order valence-corrected chi connectivity index (χ4v) is 2.97. The van der Waals surface area contributed by atoms with Crippen LogP contribution in [-0.2, 0) is 4.79 Å². The Hall–Kier alpha value is -0.960. The minimum absolute atomic E-state index is 0.427. The lowest BCUT2D eigenvalue weighted by Gasteiger charge is -2.12. The van der Waals surface area contributed by atoms with Crippen LogP contribution in [0.15, 0.2) is 29.2 Å². The molecule has 1 aromatic rings.